The van der Waals surface area contributed by atoms with Gasteiger partial charge < -0.3 is 14.2 Å². The maximum absolute atomic E-state index is 9.44. The van der Waals surface area contributed by atoms with E-state index in [1.165, 1.54) is 0 Å². The van der Waals surface area contributed by atoms with Gasteiger partial charge >= 0.3 is 0 Å². The fraction of sp³-hybridized carbons (Fsp3) is 0.300. The Morgan fingerprint density at radius 1 is 1.21 bits per heavy atom. The van der Waals surface area contributed by atoms with Gasteiger partial charge in [0.2, 0.25) is 0 Å². The van der Waals surface area contributed by atoms with Gasteiger partial charge in [-0.25, -0.2) is 4.98 Å². The van der Waals surface area contributed by atoms with Crippen molar-refractivity contribution in [3.8, 4) is 23.6 Å². The fourth-order valence-electron chi connectivity index (χ4n) is 2.49. The van der Waals surface area contributed by atoms with Gasteiger partial charge in [-0.1, -0.05) is 0 Å². The summed E-state index contributed by atoms with van der Waals surface area (Å²) in [6.07, 6.45) is 1.58. The van der Waals surface area contributed by atoms with Crippen LogP contribution in [0.25, 0.3) is 0 Å². The average molecular weight is 379 g/mol. The minimum atomic E-state index is -0.0607. The Bertz CT molecular complexity index is 929. The lowest BCUT2D eigenvalue weighted by Gasteiger charge is -2.11. The molecule has 2 aromatic rings. The molecule has 0 aliphatic heterocycles. The highest BCUT2D eigenvalue weighted by Crippen LogP contribution is 2.28. The first-order valence-corrected chi connectivity index (χ1v) is 8.58. The van der Waals surface area contributed by atoms with Crippen molar-refractivity contribution < 1.29 is 14.2 Å². The maximum Gasteiger partial charge on any atom is 0.174 e. The van der Waals surface area contributed by atoms with Crippen molar-refractivity contribution in [1.29, 1.82) is 10.5 Å². The number of pyridine rings is 1. The molecule has 0 spiro atoms. The zero-order valence-electron chi connectivity index (χ0n) is 16.0. The van der Waals surface area contributed by atoms with Crippen molar-refractivity contribution in [3.05, 3.63) is 46.6 Å². The van der Waals surface area contributed by atoms with Crippen molar-refractivity contribution >= 4 is 12.0 Å². The van der Waals surface area contributed by atoms with Gasteiger partial charge in [-0.05, 0) is 43.7 Å². The van der Waals surface area contributed by atoms with E-state index >= 15 is 0 Å². The van der Waals surface area contributed by atoms with Crippen molar-refractivity contribution in [1.82, 2.24) is 4.98 Å². The van der Waals surface area contributed by atoms with Gasteiger partial charge in [-0.3, -0.25) is 5.43 Å². The van der Waals surface area contributed by atoms with Crippen molar-refractivity contribution in [2.45, 2.75) is 20.5 Å². The molecule has 0 saturated carbocycles. The normalized spacial score (nSPS) is 10.3. The molecule has 8 heteroatoms. The van der Waals surface area contributed by atoms with Gasteiger partial charge in [0.15, 0.2) is 23.9 Å². The third-order valence-corrected chi connectivity index (χ3v) is 3.58. The Morgan fingerprint density at radius 2 is 2.04 bits per heavy atom. The number of hydrazone groups is 1. The first kappa shape index (κ1) is 20.7. The molecule has 8 nitrogen and oxygen atoms in total. The summed E-state index contributed by atoms with van der Waals surface area (Å²) < 4.78 is 16.0. The number of aromatic nitrogens is 1. The molecule has 1 aromatic heterocycles. The predicted octanol–water partition coefficient (Wildman–Crippen LogP) is 3.16. The summed E-state index contributed by atoms with van der Waals surface area (Å²) in [7, 11) is 1.57. The van der Waals surface area contributed by atoms with E-state index in [9.17, 15) is 5.26 Å². The minimum Gasteiger partial charge on any atom is -0.490 e. The summed E-state index contributed by atoms with van der Waals surface area (Å²) in [4.78, 5) is 4.33. The molecule has 28 heavy (non-hydrogen) atoms. The molecule has 2 rings (SSSR count). The third-order valence-electron chi connectivity index (χ3n) is 3.58. The van der Waals surface area contributed by atoms with Crippen molar-refractivity contribution in [2.75, 3.05) is 25.7 Å². The number of methoxy groups -OCH3 is 1. The summed E-state index contributed by atoms with van der Waals surface area (Å²) in [5.41, 5.74) is 5.45. The van der Waals surface area contributed by atoms with Crippen LogP contribution in [0.5, 0.6) is 11.5 Å². The Balaban J connectivity index is 2.22. The first-order chi connectivity index (χ1) is 13.6. The molecule has 144 valence electrons. The van der Waals surface area contributed by atoms with Gasteiger partial charge in [-0.2, -0.15) is 15.6 Å². The van der Waals surface area contributed by atoms with E-state index in [-0.39, 0.29) is 6.61 Å². The molecule has 1 N–H and O–H groups in total. The number of nitrogens with zero attached hydrogens (tertiary/aromatic N) is 4. The van der Waals surface area contributed by atoms with Crippen LogP contribution in [-0.2, 0) is 11.3 Å². The number of anilines is 1. The zero-order valence-corrected chi connectivity index (χ0v) is 16.0. The number of rotatable bonds is 9. The molecule has 0 fully saturated rings. The SMILES string of the molecule is CCOc1cc(/C=N\Nc2nc(C)cc(COC)c2C#N)ccc1OCC#N. The van der Waals surface area contributed by atoms with E-state index in [2.05, 4.69) is 21.6 Å². The van der Waals surface area contributed by atoms with Gasteiger partial charge in [0.05, 0.1) is 19.4 Å². The molecular weight excluding hydrogens is 358 g/mol. The lowest BCUT2D eigenvalue weighted by atomic mass is 10.1. The van der Waals surface area contributed by atoms with Crippen LogP contribution in [-0.4, -0.2) is 31.5 Å². The lowest BCUT2D eigenvalue weighted by Crippen LogP contribution is -2.04. The number of benzene rings is 1. The van der Waals surface area contributed by atoms with E-state index in [4.69, 9.17) is 19.5 Å². The fourth-order valence-corrected chi connectivity index (χ4v) is 2.49. The van der Waals surface area contributed by atoms with E-state index in [1.807, 2.05) is 26.0 Å². The average Bonchev–Trinajstić information content (AvgIpc) is 2.68. The smallest absolute Gasteiger partial charge is 0.174 e. The topological polar surface area (TPSA) is 113 Å². The van der Waals surface area contributed by atoms with Crippen LogP contribution in [0.2, 0.25) is 0 Å². The first-order valence-electron chi connectivity index (χ1n) is 8.58. The standard InChI is InChI=1S/C20H21N5O3/c1-4-27-19-10-15(5-6-18(19)28-8-7-21)12-23-25-20-17(11-22)16(13-26-3)9-14(2)24-20/h5-6,9-10,12H,4,8,13H2,1-3H3,(H,24,25)/b23-12-. The van der Waals surface area contributed by atoms with Crippen LogP contribution in [0.15, 0.2) is 29.4 Å². The van der Waals surface area contributed by atoms with E-state index in [0.29, 0.717) is 36.1 Å². The highest BCUT2D eigenvalue weighted by Gasteiger charge is 2.11. The Morgan fingerprint density at radius 3 is 2.71 bits per heavy atom. The molecule has 0 atom stereocenters. The van der Waals surface area contributed by atoms with Crippen molar-refractivity contribution in [3.63, 3.8) is 0 Å². The second-order valence-corrected chi connectivity index (χ2v) is 5.65. The van der Waals surface area contributed by atoms with Crippen LogP contribution in [0.3, 0.4) is 0 Å². The third kappa shape index (κ3) is 5.44. The highest BCUT2D eigenvalue weighted by molar-refractivity contribution is 5.81. The Kier molecular flexibility index (Phi) is 7.77. The highest BCUT2D eigenvalue weighted by atomic mass is 16.5. The molecule has 0 aliphatic carbocycles. The Hall–Kier alpha value is -3.62. The minimum absolute atomic E-state index is 0.0607. The molecule has 0 bridgehead atoms. The molecule has 0 radical (unpaired) electrons. The van der Waals surface area contributed by atoms with Crippen molar-refractivity contribution in [2.24, 2.45) is 5.10 Å². The summed E-state index contributed by atoms with van der Waals surface area (Å²) in [5.74, 6) is 1.38. The van der Waals surface area contributed by atoms with Gasteiger partial charge in [0.1, 0.15) is 17.7 Å². The monoisotopic (exact) mass is 379 g/mol. The quantitative estimate of drug-likeness (QED) is 0.526. The van der Waals surface area contributed by atoms with Crippen LogP contribution < -0.4 is 14.9 Å². The van der Waals surface area contributed by atoms with Crippen LogP contribution in [0.4, 0.5) is 5.82 Å². The maximum atomic E-state index is 9.44. The summed E-state index contributed by atoms with van der Waals surface area (Å²) >= 11 is 0. The Labute approximate surface area is 164 Å². The second-order valence-electron chi connectivity index (χ2n) is 5.65. The summed E-state index contributed by atoms with van der Waals surface area (Å²) in [6.45, 7) is 4.41. The zero-order chi connectivity index (χ0) is 20.4. The van der Waals surface area contributed by atoms with E-state index in [0.717, 1.165) is 16.8 Å². The molecule has 0 unspecified atom stereocenters. The lowest BCUT2D eigenvalue weighted by molar-refractivity contribution is 0.184. The number of hydrogen-bond acceptors (Lipinski definition) is 8. The van der Waals surface area contributed by atoms with Crippen LogP contribution in [0, 0.1) is 29.6 Å². The number of nitriles is 2. The summed E-state index contributed by atoms with van der Waals surface area (Å²) in [5, 5.41) is 22.3. The van der Waals surface area contributed by atoms with Gasteiger partial charge in [0.25, 0.3) is 0 Å². The second kappa shape index (κ2) is 10.5. The van der Waals surface area contributed by atoms with Gasteiger partial charge in [0, 0.05) is 18.4 Å². The van der Waals surface area contributed by atoms with Crippen LogP contribution >= 0.6 is 0 Å². The molecule has 0 saturated heterocycles. The number of aryl methyl sites for hydroxylation is 1. The molecule has 1 aromatic carbocycles. The van der Waals surface area contributed by atoms with E-state index < -0.39 is 0 Å². The van der Waals surface area contributed by atoms with Crippen LogP contribution in [0.1, 0.15) is 29.3 Å². The number of ether oxygens (including phenoxy) is 3. The number of nitrogens with one attached hydrogen (secondary N) is 1. The molecule has 0 aliphatic rings. The predicted molar refractivity (Wildman–Crippen MR) is 104 cm³/mol. The molecule has 1 heterocycles. The molecule has 0 amide bonds. The molecular formula is C20H21N5O3. The largest absolute Gasteiger partial charge is 0.490 e. The summed E-state index contributed by atoms with van der Waals surface area (Å²) in [6, 6.07) is 11.1. The van der Waals surface area contributed by atoms with Gasteiger partial charge in [-0.15, -0.1) is 0 Å². The number of hydrogen-bond donors (Lipinski definition) is 1. The van der Waals surface area contributed by atoms with E-state index in [1.54, 1.807) is 31.5 Å².